The van der Waals surface area contributed by atoms with Crippen LogP contribution >= 0.6 is 0 Å². The molecule has 2 aromatic rings. The maximum Gasteiger partial charge on any atom is 0.416 e. The zero-order chi connectivity index (χ0) is 17.7. The Hall–Kier alpha value is -2.64. The number of carbonyl (C=O) groups is 1. The van der Waals surface area contributed by atoms with Crippen molar-refractivity contribution in [2.24, 2.45) is 0 Å². The second-order valence-electron chi connectivity index (χ2n) is 4.73. The molecule has 0 bridgehead atoms. The number of benzene rings is 2. The van der Waals surface area contributed by atoms with Gasteiger partial charge in [0.05, 0.1) is 12.1 Å². The van der Waals surface area contributed by atoms with Crippen LogP contribution < -0.4 is 10.1 Å². The lowest BCUT2D eigenvalue weighted by Crippen LogP contribution is -2.29. The molecule has 0 saturated carbocycles. The molecule has 2 rings (SSSR count). The first-order valence-corrected chi connectivity index (χ1v) is 6.81. The van der Waals surface area contributed by atoms with E-state index in [9.17, 15) is 26.7 Å². The van der Waals surface area contributed by atoms with E-state index in [4.69, 9.17) is 4.74 Å². The van der Waals surface area contributed by atoms with Crippen molar-refractivity contribution >= 4 is 5.91 Å². The van der Waals surface area contributed by atoms with Crippen LogP contribution in [0.2, 0.25) is 0 Å². The van der Waals surface area contributed by atoms with Gasteiger partial charge in [0.25, 0.3) is 5.91 Å². The second kappa shape index (κ2) is 7.29. The summed E-state index contributed by atoms with van der Waals surface area (Å²) < 4.78 is 69.5. The van der Waals surface area contributed by atoms with Gasteiger partial charge < -0.3 is 10.1 Å². The lowest BCUT2D eigenvalue weighted by molar-refractivity contribution is -0.137. The van der Waals surface area contributed by atoms with Gasteiger partial charge in [-0.3, -0.25) is 4.79 Å². The highest BCUT2D eigenvalue weighted by molar-refractivity contribution is 5.94. The molecule has 1 N–H and O–H groups in total. The Morgan fingerprint density at radius 1 is 1.04 bits per heavy atom. The summed E-state index contributed by atoms with van der Waals surface area (Å²) in [4.78, 5) is 11.7. The topological polar surface area (TPSA) is 38.3 Å². The van der Waals surface area contributed by atoms with Crippen LogP contribution in [0.1, 0.15) is 15.9 Å². The summed E-state index contributed by atoms with van der Waals surface area (Å²) in [5, 5.41) is 2.23. The summed E-state index contributed by atoms with van der Waals surface area (Å²) in [6.45, 7) is -0.300. The van der Waals surface area contributed by atoms with Gasteiger partial charge in [-0.2, -0.15) is 13.2 Å². The van der Waals surface area contributed by atoms with E-state index in [1.54, 1.807) is 0 Å². The number of hydrogen-bond acceptors (Lipinski definition) is 2. The smallest absolute Gasteiger partial charge is 0.416 e. The third kappa shape index (κ3) is 4.43. The molecule has 0 atom stereocenters. The number of hydrogen-bond donors (Lipinski definition) is 1. The van der Waals surface area contributed by atoms with Gasteiger partial charge >= 0.3 is 6.18 Å². The molecule has 0 aliphatic rings. The first kappa shape index (κ1) is 17.7. The maximum atomic E-state index is 13.4. The summed E-state index contributed by atoms with van der Waals surface area (Å²) in [5.41, 5.74) is -1.59. The standard InChI is InChI=1S/C16H12F5NO2/c17-12-5-2-6-13(18)14(12)15(23)22-7-8-24-11-4-1-3-10(9-11)16(19,20)21/h1-6,9H,7-8H2,(H,22,23). The number of nitrogens with one attached hydrogen (secondary N) is 1. The van der Waals surface area contributed by atoms with E-state index in [2.05, 4.69) is 5.32 Å². The number of carbonyl (C=O) groups excluding carboxylic acids is 1. The summed E-state index contributed by atoms with van der Waals surface area (Å²) in [7, 11) is 0. The largest absolute Gasteiger partial charge is 0.492 e. The molecular weight excluding hydrogens is 333 g/mol. The van der Waals surface area contributed by atoms with Crippen molar-refractivity contribution in [1.29, 1.82) is 0 Å². The molecule has 0 unspecified atom stereocenters. The van der Waals surface area contributed by atoms with Gasteiger partial charge in [-0.15, -0.1) is 0 Å². The minimum atomic E-state index is -4.49. The Morgan fingerprint density at radius 2 is 1.67 bits per heavy atom. The molecule has 3 nitrogen and oxygen atoms in total. The quantitative estimate of drug-likeness (QED) is 0.661. The third-order valence-corrected chi connectivity index (χ3v) is 3.01. The zero-order valence-electron chi connectivity index (χ0n) is 12.2. The van der Waals surface area contributed by atoms with Crippen LogP contribution in [0.25, 0.3) is 0 Å². The first-order valence-electron chi connectivity index (χ1n) is 6.81. The highest BCUT2D eigenvalue weighted by Crippen LogP contribution is 2.31. The molecule has 128 valence electrons. The van der Waals surface area contributed by atoms with E-state index < -0.39 is 34.8 Å². The van der Waals surface area contributed by atoms with Crippen LogP contribution in [0, 0.1) is 11.6 Å². The Kier molecular flexibility index (Phi) is 5.38. The highest BCUT2D eigenvalue weighted by Gasteiger charge is 2.30. The monoisotopic (exact) mass is 345 g/mol. The van der Waals surface area contributed by atoms with E-state index >= 15 is 0 Å². The summed E-state index contributed by atoms with van der Waals surface area (Å²) in [5.74, 6) is -3.02. The van der Waals surface area contributed by atoms with Crippen LogP contribution in [0.15, 0.2) is 42.5 Å². The van der Waals surface area contributed by atoms with Gasteiger partial charge in [0.2, 0.25) is 0 Å². The van der Waals surface area contributed by atoms with Gasteiger partial charge in [-0.05, 0) is 30.3 Å². The number of rotatable bonds is 5. The number of ether oxygens (including phenoxy) is 1. The van der Waals surface area contributed by atoms with Crippen LogP contribution in [0.4, 0.5) is 22.0 Å². The molecule has 2 aromatic carbocycles. The fourth-order valence-electron chi connectivity index (χ4n) is 1.90. The van der Waals surface area contributed by atoms with Crippen LogP contribution in [-0.2, 0) is 6.18 Å². The number of halogens is 5. The Morgan fingerprint density at radius 3 is 2.29 bits per heavy atom. The van der Waals surface area contributed by atoms with E-state index in [-0.39, 0.29) is 18.9 Å². The van der Waals surface area contributed by atoms with E-state index in [0.717, 1.165) is 30.3 Å². The minimum Gasteiger partial charge on any atom is -0.492 e. The van der Waals surface area contributed by atoms with Gasteiger partial charge in [-0.25, -0.2) is 8.78 Å². The molecule has 0 fully saturated rings. The SMILES string of the molecule is O=C(NCCOc1cccc(C(F)(F)F)c1)c1c(F)cccc1F. The van der Waals surface area contributed by atoms with Crippen molar-refractivity contribution in [3.8, 4) is 5.75 Å². The maximum absolute atomic E-state index is 13.4. The Bertz CT molecular complexity index is 710. The van der Waals surface area contributed by atoms with Gasteiger partial charge in [-0.1, -0.05) is 12.1 Å². The molecule has 24 heavy (non-hydrogen) atoms. The van der Waals surface area contributed by atoms with Crippen molar-refractivity contribution in [3.63, 3.8) is 0 Å². The number of amides is 1. The molecule has 0 aromatic heterocycles. The molecular formula is C16H12F5NO2. The van der Waals surface area contributed by atoms with Gasteiger partial charge in [0.15, 0.2) is 0 Å². The normalized spacial score (nSPS) is 11.2. The lowest BCUT2D eigenvalue weighted by Gasteiger charge is -2.11. The second-order valence-corrected chi connectivity index (χ2v) is 4.73. The van der Waals surface area contributed by atoms with Crippen molar-refractivity contribution in [2.45, 2.75) is 6.18 Å². The van der Waals surface area contributed by atoms with Gasteiger partial charge in [0, 0.05) is 0 Å². The fourth-order valence-corrected chi connectivity index (χ4v) is 1.90. The molecule has 0 aliphatic heterocycles. The highest BCUT2D eigenvalue weighted by atomic mass is 19.4. The van der Waals surface area contributed by atoms with E-state index in [1.165, 1.54) is 12.1 Å². The van der Waals surface area contributed by atoms with E-state index in [0.29, 0.717) is 0 Å². The molecule has 8 heteroatoms. The Balaban J connectivity index is 1.88. The average Bonchev–Trinajstić information content (AvgIpc) is 2.51. The first-order chi connectivity index (χ1) is 11.3. The molecule has 0 saturated heterocycles. The van der Waals surface area contributed by atoms with Crippen LogP contribution in [-0.4, -0.2) is 19.1 Å². The lowest BCUT2D eigenvalue weighted by atomic mass is 10.2. The molecule has 0 radical (unpaired) electrons. The van der Waals surface area contributed by atoms with Crippen molar-refractivity contribution in [2.75, 3.05) is 13.2 Å². The van der Waals surface area contributed by atoms with Crippen molar-refractivity contribution in [1.82, 2.24) is 5.32 Å². The van der Waals surface area contributed by atoms with Gasteiger partial charge in [0.1, 0.15) is 29.6 Å². The predicted molar refractivity (Wildman–Crippen MR) is 75.6 cm³/mol. The van der Waals surface area contributed by atoms with Crippen LogP contribution in [0.5, 0.6) is 5.75 Å². The molecule has 0 aliphatic carbocycles. The summed E-state index contributed by atoms with van der Waals surface area (Å²) in [6.07, 6.45) is -4.49. The average molecular weight is 345 g/mol. The van der Waals surface area contributed by atoms with E-state index in [1.807, 2.05) is 0 Å². The molecule has 0 heterocycles. The third-order valence-electron chi connectivity index (χ3n) is 3.01. The molecule has 0 spiro atoms. The van der Waals surface area contributed by atoms with Crippen molar-refractivity contribution in [3.05, 3.63) is 65.2 Å². The number of alkyl halides is 3. The zero-order valence-corrected chi connectivity index (χ0v) is 12.2. The Labute approximate surface area is 134 Å². The summed E-state index contributed by atoms with van der Waals surface area (Å²) in [6, 6.07) is 7.24. The predicted octanol–water partition coefficient (Wildman–Crippen LogP) is 3.79. The van der Waals surface area contributed by atoms with Crippen LogP contribution in [0.3, 0.4) is 0 Å². The fraction of sp³-hybridized carbons (Fsp3) is 0.188. The summed E-state index contributed by atoms with van der Waals surface area (Å²) >= 11 is 0. The molecule has 1 amide bonds. The minimum absolute atomic E-state index is 0.0313. The van der Waals surface area contributed by atoms with Crippen molar-refractivity contribution < 1.29 is 31.5 Å².